The number of ether oxygens (including phenoxy) is 2. The van der Waals surface area contributed by atoms with Crippen LogP contribution in [0, 0.1) is 0 Å². The summed E-state index contributed by atoms with van der Waals surface area (Å²) in [4.78, 5) is 31.4. The second-order valence-electron chi connectivity index (χ2n) is 5.74. The predicted octanol–water partition coefficient (Wildman–Crippen LogP) is 2.21. The van der Waals surface area contributed by atoms with Crippen molar-refractivity contribution in [3.8, 4) is 0 Å². The molecule has 0 radical (unpaired) electrons. The average molecular weight is 360 g/mol. The lowest BCUT2D eigenvalue weighted by atomic mass is 10.1. The molecule has 0 spiro atoms. The number of hydrogen-bond acceptors (Lipinski definition) is 9. The van der Waals surface area contributed by atoms with E-state index in [0.29, 0.717) is 26.8 Å². The minimum absolute atomic E-state index is 0.351. The van der Waals surface area contributed by atoms with Crippen LogP contribution in [0.15, 0.2) is 9.98 Å². The van der Waals surface area contributed by atoms with Gasteiger partial charge in [0.05, 0.1) is 11.5 Å². The monoisotopic (exact) mass is 360 g/mol. The van der Waals surface area contributed by atoms with Crippen molar-refractivity contribution in [1.29, 1.82) is 0 Å². The third-order valence-electron chi connectivity index (χ3n) is 2.86. The van der Waals surface area contributed by atoms with Crippen molar-refractivity contribution >= 4 is 63.0 Å². The van der Waals surface area contributed by atoms with Crippen LogP contribution in [-0.2, 0) is 19.1 Å². The fourth-order valence-electron chi connectivity index (χ4n) is 1.63. The Bertz CT molecular complexity index is 546. The topological polar surface area (TPSA) is 77.3 Å². The Morgan fingerprint density at radius 2 is 1.32 bits per heavy atom. The molecule has 0 N–H and O–H groups in total. The molecule has 2 aliphatic heterocycles. The quantitative estimate of drug-likeness (QED) is 0.562. The molecule has 0 fully saturated rings. The molecule has 2 aliphatic rings. The van der Waals surface area contributed by atoms with E-state index < -0.39 is 11.1 Å². The van der Waals surface area contributed by atoms with E-state index in [1.165, 1.54) is 23.5 Å². The van der Waals surface area contributed by atoms with E-state index in [1.54, 1.807) is 27.7 Å². The Hall–Kier alpha value is -0.930. The highest BCUT2D eigenvalue weighted by molar-refractivity contribution is 8.47. The number of thiocarbonyl (C=S) groups is 1. The number of thioether (sulfide) groups is 2. The first-order valence-electron chi connectivity index (χ1n) is 6.52. The van der Waals surface area contributed by atoms with E-state index in [-0.39, 0.29) is 11.9 Å². The fraction of sp³-hybridized carbons (Fsp3) is 0.615. The Morgan fingerprint density at radius 3 is 1.59 bits per heavy atom. The first kappa shape index (κ1) is 17.4. The van der Waals surface area contributed by atoms with E-state index in [9.17, 15) is 9.59 Å². The summed E-state index contributed by atoms with van der Waals surface area (Å²) in [5.74, 6) is 0.868. The van der Waals surface area contributed by atoms with Gasteiger partial charge in [0.2, 0.25) is 11.8 Å². The average Bonchev–Trinajstić information content (AvgIpc) is 2.81. The molecule has 0 aromatic rings. The molecule has 0 bridgehead atoms. The number of hydrogen-bond donors (Lipinski definition) is 0. The van der Waals surface area contributed by atoms with E-state index in [0.717, 1.165) is 0 Å². The predicted molar refractivity (Wildman–Crippen MR) is 92.7 cm³/mol. The molecule has 9 heteroatoms. The van der Waals surface area contributed by atoms with Crippen LogP contribution in [-0.4, -0.2) is 49.8 Å². The molecule has 120 valence electrons. The molecule has 6 nitrogen and oxygen atoms in total. The first-order valence-corrected chi connectivity index (χ1v) is 8.90. The maximum atomic E-state index is 11.5. The zero-order valence-electron chi connectivity index (χ0n) is 12.7. The maximum absolute atomic E-state index is 11.5. The van der Waals surface area contributed by atoms with Crippen molar-refractivity contribution in [2.45, 2.75) is 38.8 Å². The van der Waals surface area contributed by atoms with Crippen molar-refractivity contribution in [1.82, 2.24) is 0 Å². The summed E-state index contributed by atoms with van der Waals surface area (Å²) >= 11 is 7.93. The molecular formula is C13H16N2O4S3. The molecule has 0 saturated heterocycles. The van der Waals surface area contributed by atoms with Gasteiger partial charge in [-0.3, -0.25) is 0 Å². The standard InChI is InChI=1S/C13H16N2O4S3/c1-12(2)9(16)18-7(14-12)5-21-11(20)22-6-8-15-13(3,4)10(17)19-8/h5-6H2,1-4H3. The smallest absolute Gasteiger partial charge is 0.340 e. The number of aliphatic imine (C=N–C) groups is 2. The highest BCUT2D eigenvalue weighted by atomic mass is 32.2. The molecule has 0 atom stereocenters. The first-order chi connectivity index (χ1) is 10.1. The highest BCUT2D eigenvalue weighted by Crippen LogP contribution is 2.25. The van der Waals surface area contributed by atoms with E-state index in [1.807, 2.05) is 0 Å². The Labute approximate surface area is 142 Å². The summed E-state index contributed by atoms with van der Waals surface area (Å²) in [6.45, 7) is 6.81. The second kappa shape index (κ2) is 6.29. The second-order valence-corrected chi connectivity index (χ2v) is 8.89. The zero-order chi connectivity index (χ0) is 16.5. The van der Waals surface area contributed by atoms with Crippen LogP contribution in [0.25, 0.3) is 0 Å². The molecule has 0 amide bonds. The fourth-order valence-corrected chi connectivity index (χ4v) is 3.40. The minimum atomic E-state index is -0.816. The van der Waals surface area contributed by atoms with Gasteiger partial charge in [0, 0.05) is 0 Å². The molecule has 0 aromatic carbocycles. The highest BCUT2D eigenvalue weighted by Gasteiger charge is 2.37. The van der Waals surface area contributed by atoms with Gasteiger partial charge in [-0.25, -0.2) is 19.6 Å². The lowest BCUT2D eigenvalue weighted by Crippen LogP contribution is -2.25. The maximum Gasteiger partial charge on any atom is 0.340 e. The number of cyclic esters (lactones) is 2. The summed E-state index contributed by atoms with van der Waals surface area (Å²) in [6, 6.07) is 0. The molecule has 2 rings (SSSR count). The van der Waals surface area contributed by atoms with Crippen LogP contribution in [0.1, 0.15) is 27.7 Å². The Kier molecular flexibility index (Phi) is 4.98. The van der Waals surface area contributed by atoms with Gasteiger partial charge in [-0.05, 0) is 27.7 Å². The van der Waals surface area contributed by atoms with Crippen LogP contribution >= 0.6 is 35.7 Å². The third kappa shape index (κ3) is 4.08. The van der Waals surface area contributed by atoms with Crippen LogP contribution in [0.2, 0.25) is 0 Å². The summed E-state index contributed by atoms with van der Waals surface area (Å²) in [6.07, 6.45) is 0. The van der Waals surface area contributed by atoms with Gasteiger partial charge in [-0.15, -0.1) is 0 Å². The molecule has 2 heterocycles. The van der Waals surface area contributed by atoms with Crippen molar-refractivity contribution in [3.63, 3.8) is 0 Å². The van der Waals surface area contributed by atoms with Crippen molar-refractivity contribution < 1.29 is 19.1 Å². The summed E-state index contributed by atoms with van der Waals surface area (Å²) in [7, 11) is 0. The van der Waals surface area contributed by atoms with Gasteiger partial charge >= 0.3 is 11.9 Å². The van der Waals surface area contributed by atoms with Crippen LogP contribution < -0.4 is 0 Å². The lowest BCUT2D eigenvalue weighted by Gasteiger charge is -2.05. The van der Waals surface area contributed by atoms with Gasteiger partial charge in [-0.1, -0.05) is 35.7 Å². The van der Waals surface area contributed by atoms with Gasteiger partial charge in [0.25, 0.3) is 0 Å². The molecule has 0 saturated carbocycles. The van der Waals surface area contributed by atoms with Crippen molar-refractivity contribution in [3.05, 3.63) is 0 Å². The number of nitrogens with zero attached hydrogens (tertiary/aromatic N) is 2. The summed E-state index contributed by atoms with van der Waals surface area (Å²) in [5.41, 5.74) is -1.63. The molecule has 0 aromatic heterocycles. The van der Waals surface area contributed by atoms with E-state index >= 15 is 0 Å². The Morgan fingerprint density at radius 1 is 0.955 bits per heavy atom. The van der Waals surface area contributed by atoms with E-state index in [4.69, 9.17) is 21.7 Å². The lowest BCUT2D eigenvalue weighted by molar-refractivity contribution is -0.138. The van der Waals surface area contributed by atoms with Crippen molar-refractivity contribution in [2.24, 2.45) is 9.98 Å². The van der Waals surface area contributed by atoms with Gasteiger partial charge in [0.1, 0.15) is 3.53 Å². The van der Waals surface area contributed by atoms with Gasteiger partial charge < -0.3 is 9.47 Å². The third-order valence-corrected chi connectivity index (χ3v) is 5.52. The molecule has 0 aliphatic carbocycles. The number of carbonyl (C=O) groups is 2. The molecular weight excluding hydrogens is 344 g/mol. The van der Waals surface area contributed by atoms with Crippen LogP contribution in [0.4, 0.5) is 0 Å². The van der Waals surface area contributed by atoms with Crippen molar-refractivity contribution in [2.75, 3.05) is 11.5 Å². The summed E-state index contributed by atoms with van der Waals surface area (Å²) < 4.78 is 10.8. The summed E-state index contributed by atoms with van der Waals surface area (Å²) in [5, 5.41) is 0. The largest absolute Gasteiger partial charge is 0.409 e. The number of esters is 2. The van der Waals surface area contributed by atoms with Gasteiger partial charge in [-0.2, -0.15) is 0 Å². The number of rotatable bonds is 4. The van der Waals surface area contributed by atoms with Crippen LogP contribution in [0.3, 0.4) is 0 Å². The number of carbonyl (C=O) groups excluding carboxylic acids is 2. The molecule has 0 unspecified atom stereocenters. The normalized spacial score (nSPS) is 22.0. The Balaban J connectivity index is 1.76. The zero-order valence-corrected chi connectivity index (χ0v) is 15.1. The van der Waals surface area contributed by atoms with E-state index in [2.05, 4.69) is 9.98 Å². The SMILES string of the molecule is CC1(C)N=C(CSC(=S)SCC2=NC(C)(C)C(=O)O2)OC1=O. The minimum Gasteiger partial charge on any atom is -0.409 e. The molecule has 22 heavy (non-hydrogen) atoms. The van der Waals surface area contributed by atoms with Crippen LogP contribution in [0.5, 0.6) is 0 Å². The van der Waals surface area contributed by atoms with Gasteiger partial charge in [0.15, 0.2) is 11.1 Å².